The van der Waals surface area contributed by atoms with Crippen molar-refractivity contribution in [2.24, 2.45) is 0 Å². The zero-order valence-corrected chi connectivity index (χ0v) is 35.6. The third kappa shape index (κ3) is 4.59. The summed E-state index contributed by atoms with van der Waals surface area (Å²) in [6.45, 7) is 12.4. The number of thiophene rings is 1. The van der Waals surface area contributed by atoms with Gasteiger partial charge in [0.25, 0.3) is 0 Å². The molecular formula is C55H49BN2S. The summed E-state index contributed by atoms with van der Waals surface area (Å²) in [5.74, 6) is 0. The Morgan fingerprint density at radius 3 is 2.10 bits per heavy atom. The second kappa shape index (κ2) is 12.2. The second-order valence-electron chi connectivity index (χ2n) is 19.2. The molecule has 2 atom stereocenters. The highest BCUT2D eigenvalue weighted by Crippen LogP contribution is 2.63. The van der Waals surface area contributed by atoms with E-state index in [2.05, 4.69) is 190 Å². The molecule has 2 nitrogen and oxygen atoms in total. The van der Waals surface area contributed by atoms with Crippen LogP contribution in [0.3, 0.4) is 0 Å². The van der Waals surface area contributed by atoms with Crippen LogP contribution in [0, 0.1) is 0 Å². The summed E-state index contributed by atoms with van der Waals surface area (Å²) in [5.41, 5.74) is 18.6. The number of hydrogen-bond acceptors (Lipinski definition) is 3. The van der Waals surface area contributed by atoms with Gasteiger partial charge in [-0.15, -0.1) is 11.3 Å². The van der Waals surface area contributed by atoms with Gasteiger partial charge < -0.3 is 10.2 Å². The largest absolute Gasteiger partial charge is 0.354 e. The number of anilines is 4. The van der Waals surface area contributed by atoms with Crippen molar-refractivity contribution in [3.8, 4) is 11.1 Å². The van der Waals surface area contributed by atoms with Crippen molar-refractivity contribution in [2.45, 2.75) is 82.1 Å². The van der Waals surface area contributed by atoms with Gasteiger partial charge in [0.1, 0.15) is 0 Å². The summed E-state index contributed by atoms with van der Waals surface area (Å²) < 4.78 is 2.73. The van der Waals surface area contributed by atoms with Gasteiger partial charge in [-0.3, -0.25) is 0 Å². The first-order chi connectivity index (χ1) is 28.6. The first kappa shape index (κ1) is 35.4. The minimum atomic E-state index is -0.528. The van der Waals surface area contributed by atoms with Gasteiger partial charge in [0.05, 0.1) is 16.6 Å². The van der Waals surface area contributed by atoms with Gasteiger partial charge in [-0.2, -0.15) is 0 Å². The Balaban J connectivity index is 1.22. The highest BCUT2D eigenvalue weighted by molar-refractivity contribution is 7.26. The predicted octanol–water partition coefficient (Wildman–Crippen LogP) is 12.9. The number of benzene rings is 7. The topological polar surface area (TPSA) is 15.3 Å². The standard InChI is InChI=1S/C55H49BN2S/c1-52(2,3)36-31-42-50-43(32-36)56-48-45(58(50)54(5)30-17-16-29-53(42,54)4)33-39-37-23-12-15-28-46(37)59-51(39)47(48)38-24-18-26-41-49(38)57-44-27-14-13-25-40(44)55(41,34-19-8-6-9-20-34)35-21-10-7-11-22-35/h6-15,18-28,31-33,56-57H,16-17,29-30H2,1-5H3. The van der Waals surface area contributed by atoms with E-state index in [0.29, 0.717) is 0 Å². The maximum Gasteiger partial charge on any atom is 0.198 e. The average molecular weight is 781 g/mol. The molecule has 4 aliphatic rings. The van der Waals surface area contributed by atoms with Crippen molar-refractivity contribution >= 4 is 72.5 Å². The van der Waals surface area contributed by atoms with E-state index >= 15 is 0 Å². The van der Waals surface area contributed by atoms with Crippen LogP contribution in [0.2, 0.25) is 0 Å². The molecule has 1 aliphatic carbocycles. The van der Waals surface area contributed by atoms with Crippen molar-refractivity contribution in [3.63, 3.8) is 0 Å². The lowest BCUT2D eigenvalue weighted by atomic mass is 9.56. The third-order valence-electron chi connectivity index (χ3n) is 15.2. The van der Waals surface area contributed by atoms with Crippen LogP contribution in [-0.4, -0.2) is 12.8 Å². The Labute approximate surface area is 353 Å². The van der Waals surface area contributed by atoms with Crippen molar-refractivity contribution in [1.29, 1.82) is 0 Å². The maximum absolute atomic E-state index is 4.14. The van der Waals surface area contributed by atoms with E-state index in [1.807, 2.05) is 11.3 Å². The first-order valence-corrected chi connectivity index (χ1v) is 22.5. The van der Waals surface area contributed by atoms with Crippen LogP contribution < -0.4 is 21.1 Å². The summed E-state index contributed by atoms with van der Waals surface area (Å²) in [6.07, 6.45) is 4.97. The summed E-state index contributed by atoms with van der Waals surface area (Å²) in [6, 6.07) is 55.5. The van der Waals surface area contributed by atoms with E-state index in [1.165, 1.54) is 113 Å². The molecular weight excluding hydrogens is 731 g/mol. The van der Waals surface area contributed by atoms with Gasteiger partial charge in [-0.05, 0) is 87.8 Å². The molecule has 3 aliphatic heterocycles. The fourth-order valence-electron chi connectivity index (χ4n) is 12.2. The molecule has 12 rings (SSSR count). The highest BCUT2D eigenvalue weighted by atomic mass is 32.1. The fourth-order valence-corrected chi connectivity index (χ4v) is 13.4. The van der Waals surface area contributed by atoms with Crippen LogP contribution in [0.1, 0.15) is 93.7 Å². The quantitative estimate of drug-likeness (QED) is 0.180. The molecule has 8 aromatic rings. The Bertz CT molecular complexity index is 2990. The molecule has 1 N–H and O–H groups in total. The number of fused-ring (bicyclic) bond motifs is 10. The molecule has 1 fully saturated rings. The fraction of sp³-hybridized carbons (Fsp3) is 0.236. The zero-order valence-electron chi connectivity index (χ0n) is 34.7. The van der Waals surface area contributed by atoms with Gasteiger partial charge in [0.15, 0.2) is 7.28 Å². The van der Waals surface area contributed by atoms with E-state index in [9.17, 15) is 0 Å². The minimum absolute atomic E-state index is 0.0339. The van der Waals surface area contributed by atoms with E-state index in [-0.39, 0.29) is 16.4 Å². The smallest absolute Gasteiger partial charge is 0.198 e. The lowest BCUT2D eigenvalue weighted by Crippen LogP contribution is -2.57. The number of rotatable bonds is 3. The maximum atomic E-state index is 4.14. The lowest BCUT2D eigenvalue weighted by molar-refractivity contribution is 0.195. The molecule has 0 saturated heterocycles. The third-order valence-corrected chi connectivity index (χ3v) is 16.5. The zero-order chi connectivity index (χ0) is 39.9. The molecule has 0 radical (unpaired) electrons. The van der Waals surface area contributed by atoms with E-state index in [1.54, 1.807) is 5.56 Å². The first-order valence-electron chi connectivity index (χ1n) is 21.7. The van der Waals surface area contributed by atoms with Gasteiger partial charge in [0, 0.05) is 48.2 Å². The van der Waals surface area contributed by atoms with Crippen LogP contribution in [0.4, 0.5) is 22.7 Å². The molecule has 0 spiro atoms. The van der Waals surface area contributed by atoms with Crippen LogP contribution in [0.15, 0.2) is 146 Å². The number of hydrogen-bond donors (Lipinski definition) is 1. The molecule has 59 heavy (non-hydrogen) atoms. The van der Waals surface area contributed by atoms with Gasteiger partial charge in [-0.25, -0.2) is 0 Å². The minimum Gasteiger partial charge on any atom is -0.354 e. The van der Waals surface area contributed by atoms with E-state index < -0.39 is 5.41 Å². The van der Waals surface area contributed by atoms with Gasteiger partial charge in [0.2, 0.25) is 0 Å². The molecule has 4 heterocycles. The van der Waals surface area contributed by atoms with E-state index in [0.717, 1.165) is 13.0 Å². The predicted molar refractivity (Wildman–Crippen MR) is 254 cm³/mol. The Morgan fingerprint density at radius 2 is 1.34 bits per heavy atom. The van der Waals surface area contributed by atoms with E-state index in [4.69, 9.17) is 0 Å². The van der Waals surface area contributed by atoms with Gasteiger partial charge in [-0.1, -0.05) is 173 Å². The van der Waals surface area contributed by atoms with Crippen molar-refractivity contribution in [1.82, 2.24) is 0 Å². The molecule has 288 valence electrons. The second-order valence-corrected chi connectivity index (χ2v) is 20.3. The van der Waals surface area contributed by atoms with Crippen LogP contribution in [0.25, 0.3) is 31.3 Å². The Hall–Kier alpha value is -5.58. The van der Waals surface area contributed by atoms with Gasteiger partial charge >= 0.3 is 0 Å². The number of para-hydroxylation sites is 2. The SMILES string of the molecule is CC(C)(C)c1cc2c3c(c1)C1(C)CCCCC1(C)N3c1cc3c(sc4ccccc43)c(-c3cccc4c3Nc3ccccc3C4(c3ccccc3)c3ccccc3)c1B2. The molecule has 7 aromatic carbocycles. The van der Waals surface area contributed by atoms with Crippen LogP contribution in [-0.2, 0) is 16.2 Å². The molecule has 0 amide bonds. The summed E-state index contributed by atoms with van der Waals surface area (Å²) in [5, 5.41) is 6.86. The van der Waals surface area contributed by atoms with Crippen LogP contribution in [0.5, 0.6) is 0 Å². The monoisotopic (exact) mass is 780 g/mol. The molecule has 1 saturated carbocycles. The average Bonchev–Trinajstić information content (AvgIpc) is 3.72. The van der Waals surface area contributed by atoms with Crippen LogP contribution >= 0.6 is 11.3 Å². The van der Waals surface area contributed by atoms with Crippen molar-refractivity contribution < 1.29 is 0 Å². The molecule has 4 heteroatoms. The summed E-state index contributed by atoms with van der Waals surface area (Å²) >= 11 is 1.97. The highest BCUT2D eigenvalue weighted by Gasteiger charge is 2.60. The number of nitrogens with zero attached hydrogens (tertiary/aromatic N) is 1. The summed E-state index contributed by atoms with van der Waals surface area (Å²) in [4.78, 5) is 2.88. The van der Waals surface area contributed by atoms with Crippen molar-refractivity contribution in [2.75, 3.05) is 10.2 Å². The Morgan fingerprint density at radius 1 is 0.661 bits per heavy atom. The Kier molecular flexibility index (Phi) is 7.34. The normalized spacial score (nSPS) is 20.9. The van der Waals surface area contributed by atoms with Crippen molar-refractivity contribution in [3.05, 3.63) is 179 Å². The summed E-state index contributed by atoms with van der Waals surface area (Å²) in [7, 11) is 0.909. The molecule has 0 bridgehead atoms. The lowest BCUT2D eigenvalue weighted by Gasteiger charge is -2.51. The molecule has 2 unspecified atom stereocenters. The molecule has 1 aromatic heterocycles. The number of nitrogens with one attached hydrogen (secondary N) is 1.